The van der Waals surface area contributed by atoms with Crippen molar-refractivity contribution in [3.63, 3.8) is 0 Å². The van der Waals surface area contributed by atoms with E-state index in [2.05, 4.69) is 0 Å². The van der Waals surface area contributed by atoms with Crippen LogP contribution in [0.4, 0.5) is 4.39 Å². The lowest BCUT2D eigenvalue weighted by atomic mass is 10.2. The summed E-state index contributed by atoms with van der Waals surface area (Å²) < 4.78 is 45.2. The van der Waals surface area contributed by atoms with E-state index in [-0.39, 0.29) is 16.2 Å². The number of rotatable bonds is 4. The highest BCUT2D eigenvalue weighted by Crippen LogP contribution is 2.21. The average molecular weight is 377 g/mol. The maximum atomic E-state index is 13.1. The van der Waals surface area contributed by atoms with Gasteiger partial charge in [-0.3, -0.25) is 0 Å². The third kappa shape index (κ3) is 4.28. The van der Waals surface area contributed by atoms with Crippen molar-refractivity contribution in [3.05, 3.63) is 59.9 Å². The van der Waals surface area contributed by atoms with Gasteiger partial charge in [0.15, 0.2) is 0 Å². The predicted octanol–water partition coefficient (Wildman–Crippen LogP) is 3.61. The largest absolute Gasteiger partial charge is 0.423 e. The van der Waals surface area contributed by atoms with Gasteiger partial charge in [-0.2, -0.15) is 4.31 Å². The smallest absolute Gasteiger partial charge is 0.343 e. The van der Waals surface area contributed by atoms with Gasteiger partial charge in [0, 0.05) is 19.2 Å². The minimum Gasteiger partial charge on any atom is -0.423 e. The molecule has 7 heteroatoms. The van der Waals surface area contributed by atoms with Crippen molar-refractivity contribution in [2.45, 2.75) is 30.6 Å². The number of hydrogen-bond donors (Lipinski definition) is 0. The first-order valence-electron chi connectivity index (χ1n) is 8.55. The van der Waals surface area contributed by atoms with Gasteiger partial charge < -0.3 is 4.74 Å². The summed E-state index contributed by atoms with van der Waals surface area (Å²) in [5, 5.41) is 0. The molecule has 0 radical (unpaired) electrons. The molecular weight excluding hydrogens is 357 g/mol. The van der Waals surface area contributed by atoms with E-state index in [1.165, 1.54) is 46.8 Å². The number of halogens is 1. The normalized spacial score (nSPS) is 16.0. The Labute approximate surface area is 152 Å². The lowest BCUT2D eigenvalue weighted by Gasteiger charge is -2.19. The molecule has 0 N–H and O–H groups in total. The molecule has 0 aliphatic carbocycles. The van der Waals surface area contributed by atoms with Crippen molar-refractivity contribution in [1.29, 1.82) is 0 Å². The quantitative estimate of drug-likeness (QED) is 0.603. The summed E-state index contributed by atoms with van der Waals surface area (Å²) in [5.41, 5.74) is 0.198. The molecule has 0 bridgehead atoms. The van der Waals surface area contributed by atoms with Crippen molar-refractivity contribution in [2.75, 3.05) is 13.1 Å². The molecule has 1 aliphatic rings. The first kappa shape index (κ1) is 18.5. The van der Waals surface area contributed by atoms with Crippen LogP contribution in [0.3, 0.4) is 0 Å². The summed E-state index contributed by atoms with van der Waals surface area (Å²) >= 11 is 0. The molecular formula is C19H20FNO4S. The van der Waals surface area contributed by atoms with Gasteiger partial charge in [-0.1, -0.05) is 18.9 Å². The highest BCUT2D eigenvalue weighted by atomic mass is 32.2. The molecule has 1 aliphatic heterocycles. The molecule has 0 unspecified atom stereocenters. The molecule has 26 heavy (non-hydrogen) atoms. The van der Waals surface area contributed by atoms with Gasteiger partial charge in [0.25, 0.3) is 0 Å². The Kier molecular flexibility index (Phi) is 5.68. The van der Waals surface area contributed by atoms with Gasteiger partial charge in [0.2, 0.25) is 10.0 Å². The van der Waals surface area contributed by atoms with Gasteiger partial charge in [0.1, 0.15) is 11.6 Å². The van der Waals surface area contributed by atoms with Gasteiger partial charge in [-0.25, -0.2) is 17.6 Å². The lowest BCUT2D eigenvalue weighted by Crippen LogP contribution is -2.31. The third-order valence-electron chi connectivity index (χ3n) is 4.30. The van der Waals surface area contributed by atoms with Crippen LogP contribution in [0, 0.1) is 5.82 Å². The number of nitrogens with zero attached hydrogens (tertiary/aromatic N) is 1. The molecule has 0 atom stereocenters. The second-order valence-electron chi connectivity index (χ2n) is 6.19. The van der Waals surface area contributed by atoms with Crippen LogP contribution in [0.25, 0.3) is 0 Å². The number of benzene rings is 2. The number of sulfonamides is 1. The highest BCUT2D eigenvalue weighted by Gasteiger charge is 2.25. The first-order valence-corrected chi connectivity index (χ1v) is 9.99. The minimum atomic E-state index is -3.56. The Hall–Kier alpha value is -2.25. The Bertz CT molecular complexity index is 873. The third-order valence-corrected chi connectivity index (χ3v) is 6.21. The molecule has 0 saturated carbocycles. The summed E-state index contributed by atoms with van der Waals surface area (Å²) in [4.78, 5) is 12.3. The molecule has 138 valence electrons. The van der Waals surface area contributed by atoms with Crippen molar-refractivity contribution in [1.82, 2.24) is 4.31 Å². The Balaban J connectivity index is 1.74. The van der Waals surface area contributed by atoms with E-state index in [0.29, 0.717) is 13.1 Å². The Morgan fingerprint density at radius 1 is 0.962 bits per heavy atom. The fourth-order valence-electron chi connectivity index (χ4n) is 2.89. The number of carbonyl (C=O) groups is 1. The summed E-state index contributed by atoms with van der Waals surface area (Å²) in [6.45, 7) is 1.04. The zero-order valence-electron chi connectivity index (χ0n) is 14.2. The maximum absolute atomic E-state index is 13.1. The van der Waals surface area contributed by atoms with Crippen LogP contribution in [-0.4, -0.2) is 31.8 Å². The predicted molar refractivity (Wildman–Crippen MR) is 95.0 cm³/mol. The molecule has 1 heterocycles. The van der Waals surface area contributed by atoms with E-state index < -0.39 is 21.8 Å². The topological polar surface area (TPSA) is 63.7 Å². The maximum Gasteiger partial charge on any atom is 0.343 e. The van der Waals surface area contributed by atoms with Crippen molar-refractivity contribution < 1.29 is 22.3 Å². The van der Waals surface area contributed by atoms with Crippen LogP contribution in [0.5, 0.6) is 5.75 Å². The average Bonchev–Trinajstić information content (AvgIpc) is 2.92. The van der Waals surface area contributed by atoms with Gasteiger partial charge in [0.05, 0.1) is 10.5 Å². The molecule has 2 aromatic rings. The summed E-state index contributed by atoms with van der Waals surface area (Å²) in [6.07, 6.45) is 3.79. The second-order valence-corrected chi connectivity index (χ2v) is 8.13. The van der Waals surface area contributed by atoms with E-state index in [0.717, 1.165) is 31.7 Å². The van der Waals surface area contributed by atoms with Crippen LogP contribution >= 0.6 is 0 Å². The van der Waals surface area contributed by atoms with Gasteiger partial charge in [-0.15, -0.1) is 0 Å². The molecule has 0 aromatic heterocycles. The van der Waals surface area contributed by atoms with E-state index in [1.54, 1.807) is 0 Å². The molecule has 0 amide bonds. The van der Waals surface area contributed by atoms with E-state index in [1.807, 2.05) is 0 Å². The fraction of sp³-hybridized carbons (Fsp3) is 0.316. The van der Waals surface area contributed by atoms with Gasteiger partial charge in [-0.05, 0) is 49.2 Å². The zero-order valence-corrected chi connectivity index (χ0v) is 15.0. The minimum absolute atomic E-state index is 0.0938. The molecule has 3 rings (SSSR count). The van der Waals surface area contributed by atoms with E-state index >= 15 is 0 Å². The van der Waals surface area contributed by atoms with E-state index in [9.17, 15) is 17.6 Å². The molecule has 2 aromatic carbocycles. The standard InChI is InChI=1S/C19H20FNO4S/c20-16-6-5-7-17(14-16)25-19(22)15-8-10-18(11-9-15)26(23,24)21-12-3-1-2-4-13-21/h5-11,14H,1-4,12-13H2. The Morgan fingerprint density at radius 3 is 2.23 bits per heavy atom. The van der Waals surface area contributed by atoms with E-state index in [4.69, 9.17) is 4.74 Å². The summed E-state index contributed by atoms with van der Waals surface area (Å²) in [7, 11) is -3.56. The monoisotopic (exact) mass is 377 g/mol. The SMILES string of the molecule is O=C(Oc1cccc(F)c1)c1ccc(S(=O)(=O)N2CCCCCC2)cc1. The summed E-state index contributed by atoms with van der Waals surface area (Å²) in [6, 6.07) is 10.9. The number of hydrogen-bond acceptors (Lipinski definition) is 4. The van der Waals surface area contributed by atoms with Gasteiger partial charge >= 0.3 is 5.97 Å². The summed E-state index contributed by atoms with van der Waals surface area (Å²) in [5.74, 6) is -1.08. The van der Waals surface area contributed by atoms with Crippen LogP contribution in [0.15, 0.2) is 53.4 Å². The number of carbonyl (C=O) groups excluding carboxylic acids is 1. The van der Waals surface area contributed by atoms with Crippen LogP contribution in [0.1, 0.15) is 36.0 Å². The number of esters is 1. The lowest BCUT2D eigenvalue weighted by molar-refractivity contribution is 0.0734. The highest BCUT2D eigenvalue weighted by molar-refractivity contribution is 7.89. The van der Waals surface area contributed by atoms with Crippen LogP contribution < -0.4 is 4.74 Å². The molecule has 0 spiro atoms. The molecule has 1 fully saturated rings. The van der Waals surface area contributed by atoms with Crippen molar-refractivity contribution in [2.24, 2.45) is 0 Å². The second kappa shape index (κ2) is 7.97. The molecule has 5 nitrogen and oxygen atoms in total. The van der Waals surface area contributed by atoms with Crippen molar-refractivity contribution >= 4 is 16.0 Å². The van der Waals surface area contributed by atoms with Crippen molar-refractivity contribution in [3.8, 4) is 5.75 Å². The number of ether oxygens (including phenoxy) is 1. The first-order chi connectivity index (χ1) is 12.5. The fourth-order valence-corrected chi connectivity index (χ4v) is 4.41. The Morgan fingerprint density at radius 2 is 1.62 bits per heavy atom. The zero-order chi connectivity index (χ0) is 18.6. The van der Waals surface area contributed by atoms with Crippen LogP contribution in [0.2, 0.25) is 0 Å². The molecule has 1 saturated heterocycles. The van der Waals surface area contributed by atoms with Crippen LogP contribution in [-0.2, 0) is 10.0 Å².